The molecule has 0 spiro atoms. The largest absolute Gasteiger partial charge is 0.497 e. The molecule has 0 saturated heterocycles. The Morgan fingerprint density at radius 2 is 1.88 bits per heavy atom. The number of ether oxygens (including phenoxy) is 1. The molecule has 0 amide bonds. The molecule has 25 heavy (non-hydrogen) atoms. The van der Waals surface area contributed by atoms with Crippen LogP contribution in [0.4, 0.5) is 0 Å². The molecule has 2 aromatic rings. The third-order valence-corrected chi connectivity index (χ3v) is 4.40. The molecule has 138 valence electrons. The second kappa shape index (κ2) is 14.5. The summed E-state index contributed by atoms with van der Waals surface area (Å²) in [6.07, 6.45) is 2.94. The maximum Gasteiger partial charge on any atom is 0.118 e. The molecule has 0 radical (unpaired) electrons. The predicted molar refractivity (Wildman–Crippen MR) is 104 cm³/mol. The van der Waals surface area contributed by atoms with E-state index >= 15 is 0 Å². The van der Waals surface area contributed by atoms with Crippen LogP contribution in [0.1, 0.15) is 5.56 Å². The third-order valence-electron chi connectivity index (χ3n) is 3.42. The zero-order valence-corrected chi connectivity index (χ0v) is 17.5. The van der Waals surface area contributed by atoms with Crippen LogP contribution in [0.15, 0.2) is 53.4 Å². The maximum atomic E-state index is 8.92. The number of rotatable bonds is 7. The van der Waals surface area contributed by atoms with E-state index < -0.39 is 0 Å². The van der Waals surface area contributed by atoms with Crippen molar-refractivity contribution in [3.05, 3.63) is 66.0 Å². The minimum Gasteiger partial charge on any atom is -0.497 e. The molecule has 0 atom stereocenters. The van der Waals surface area contributed by atoms with Gasteiger partial charge in [-0.05, 0) is 54.6 Å². The number of nitrogens with zero attached hydrogens (tertiary/aromatic N) is 1. The van der Waals surface area contributed by atoms with Gasteiger partial charge in [-0.15, -0.1) is 18.3 Å². The summed E-state index contributed by atoms with van der Waals surface area (Å²) in [4.78, 5) is 3.13. The number of hydrogen-bond acceptors (Lipinski definition) is 4. The normalized spacial score (nSPS) is 9.84. The van der Waals surface area contributed by atoms with Crippen molar-refractivity contribution < 1.29 is 27.2 Å². The zero-order chi connectivity index (χ0) is 17.8. The Kier molecular flexibility index (Phi) is 14.1. The predicted octanol–water partition coefficient (Wildman–Crippen LogP) is 4.38. The van der Waals surface area contributed by atoms with Gasteiger partial charge in [0.1, 0.15) is 5.75 Å². The molecular weight excluding hydrogens is 394 g/mol. The number of methoxy groups -OCH3 is 1. The molecular formula is C19H25ClCrNO2S-. The Labute approximate surface area is 171 Å². The van der Waals surface area contributed by atoms with E-state index in [0.717, 1.165) is 23.7 Å². The van der Waals surface area contributed by atoms with E-state index in [1.54, 1.807) is 18.9 Å². The topological polar surface area (TPSA) is 32.7 Å². The summed E-state index contributed by atoms with van der Waals surface area (Å²) in [5, 5.41) is 9.68. The Morgan fingerprint density at radius 3 is 2.36 bits per heavy atom. The van der Waals surface area contributed by atoms with Crippen molar-refractivity contribution in [3.8, 4) is 5.75 Å². The molecule has 0 unspecified atom stereocenters. The third kappa shape index (κ3) is 10.2. The molecule has 0 aliphatic carbocycles. The summed E-state index contributed by atoms with van der Waals surface area (Å²) in [5.41, 5.74) is 1.18. The van der Waals surface area contributed by atoms with Crippen LogP contribution in [0.25, 0.3) is 0 Å². The van der Waals surface area contributed by atoms with Crippen molar-refractivity contribution in [1.29, 1.82) is 0 Å². The van der Waals surface area contributed by atoms with E-state index in [9.17, 15) is 0 Å². The molecule has 0 bridgehead atoms. The molecule has 2 rings (SSSR count). The van der Waals surface area contributed by atoms with Crippen LogP contribution in [-0.4, -0.2) is 43.2 Å². The van der Waals surface area contributed by atoms with Crippen LogP contribution >= 0.6 is 23.4 Å². The van der Waals surface area contributed by atoms with Gasteiger partial charge in [-0.3, -0.25) is 0 Å². The summed E-state index contributed by atoms with van der Waals surface area (Å²) in [6.45, 7) is 5.21. The fourth-order valence-electron chi connectivity index (χ4n) is 1.94. The van der Waals surface area contributed by atoms with Gasteiger partial charge in [-0.1, -0.05) is 23.7 Å². The smallest absolute Gasteiger partial charge is 0.118 e. The van der Waals surface area contributed by atoms with E-state index in [0.29, 0.717) is 6.54 Å². The molecule has 0 aromatic heterocycles. The summed E-state index contributed by atoms with van der Waals surface area (Å²) < 4.78 is 5.00. The van der Waals surface area contributed by atoms with Gasteiger partial charge in [-0.25, -0.2) is 0 Å². The number of benzene rings is 2. The SMILES string of the molecule is COc1ccc(SC)cc1.[CH2-]CN(CO)CCc1cccc(Cl)c1.[Cr]. The second-order valence-corrected chi connectivity index (χ2v) is 6.34. The minimum absolute atomic E-state index is 0. The second-order valence-electron chi connectivity index (χ2n) is 5.02. The fourth-order valence-corrected chi connectivity index (χ4v) is 2.57. The average molecular weight is 419 g/mol. The van der Waals surface area contributed by atoms with Crippen molar-refractivity contribution in [3.63, 3.8) is 0 Å². The van der Waals surface area contributed by atoms with Gasteiger partial charge in [0, 0.05) is 33.8 Å². The van der Waals surface area contributed by atoms with E-state index in [1.807, 2.05) is 53.4 Å². The summed E-state index contributed by atoms with van der Waals surface area (Å²) in [7, 11) is 1.67. The standard InChI is InChI=1S/C11H15ClNO.C8H10OS.Cr/c1-2-13(9-14)7-6-10-4-3-5-11(12)8-10;1-9-7-3-5-8(10-2)6-4-7;/h3-5,8,14H,1-2,6-7,9H2;3-6H,1-2H3;/q-1;;. The Balaban J connectivity index is 0.000000465. The summed E-state index contributed by atoms with van der Waals surface area (Å²) >= 11 is 7.59. The minimum atomic E-state index is 0. The number of aliphatic hydroxyl groups excluding tert-OH is 1. The fraction of sp³-hybridized carbons (Fsp3) is 0.316. The first kappa shape index (κ1) is 24.3. The monoisotopic (exact) mass is 418 g/mol. The molecule has 0 fully saturated rings. The molecule has 2 aromatic carbocycles. The van der Waals surface area contributed by atoms with E-state index in [4.69, 9.17) is 21.4 Å². The number of halogens is 1. The molecule has 0 saturated carbocycles. The van der Waals surface area contributed by atoms with Crippen molar-refractivity contribution in [1.82, 2.24) is 4.90 Å². The van der Waals surface area contributed by atoms with Crippen LogP contribution in [-0.2, 0) is 23.8 Å². The van der Waals surface area contributed by atoms with Crippen molar-refractivity contribution >= 4 is 23.4 Å². The first-order chi connectivity index (χ1) is 11.6. The van der Waals surface area contributed by atoms with E-state index in [2.05, 4.69) is 13.2 Å². The zero-order valence-electron chi connectivity index (χ0n) is 14.7. The van der Waals surface area contributed by atoms with E-state index in [1.165, 1.54) is 10.5 Å². The van der Waals surface area contributed by atoms with Crippen LogP contribution in [0, 0.1) is 6.92 Å². The molecule has 0 aliphatic rings. The maximum absolute atomic E-state index is 8.92. The molecule has 0 aliphatic heterocycles. The van der Waals surface area contributed by atoms with E-state index in [-0.39, 0.29) is 24.1 Å². The van der Waals surface area contributed by atoms with Gasteiger partial charge in [0.05, 0.1) is 13.8 Å². The van der Waals surface area contributed by atoms with Gasteiger partial charge in [-0.2, -0.15) is 0 Å². The van der Waals surface area contributed by atoms with Crippen LogP contribution in [0.5, 0.6) is 5.75 Å². The van der Waals surface area contributed by atoms with Crippen LogP contribution in [0.2, 0.25) is 5.02 Å². The van der Waals surface area contributed by atoms with Crippen LogP contribution < -0.4 is 4.74 Å². The summed E-state index contributed by atoms with van der Waals surface area (Å²) in [5.74, 6) is 0.915. The first-order valence-corrected chi connectivity index (χ1v) is 9.28. The number of hydrogen-bond donors (Lipinski definition) is 1. The van der Waals surface area contributed by atoms with Crippen molar-refractivity contribution in [2.45, 2.75) is 11.3 Å². The molecule has 6 heteroatoms. The average Bonchev–Trinajstić information content (AvgIpc) is 2.63. The Morgan fingerprint density at radius 1 is 1.20 bits per heavy atom. The Bertz CT molecular complexity index is 557. The van der Waals surface area contributed by atoms with Crippen molar-refractivity contribution in [2.24, 2.45) is 0 Å². The Hall–Kier alpha value is -0.668. The number of aliphatic hydroxyl groups is 1. The van der Waals surface area contributed by atoms with Crippen LogP contribution in [0.3, 0.4) is 0 Å². The summed E-state index contributed by atoms with van der Waals surface area (Å²) in [6, 6.07) is 15.8. The van der Waals surface area contributed by atoms with Gasteiger partial charge in [0.2, 0.25) is 0 Å². The molecule has 1 N–H and O–H groups in total. The van der Waals surface area contributed by atoms with Gasteiger partial charge in [0.25, 0.3) is 0 Å². The molecule has 0 heterocycles. The van der Waals surface area contributed by atoms with Gasteiger partial charge in [0.15, 0.2) is 0 Å². The quantitative estimate of drug-likeness (QED) is 0.411. The number of thioether (sulfide) groups is 1. The van der Waals surface area contributed by atoms with Crippen molar-refractivity contribution in [2.75, 3.05) is 33.2 Å². The van der Waals surface area contributed by atoms with Gasteiger partial charge >= 0.3 is 0 Å². The van der Waals surface area contributed by atoms with Gasteiger partial charge < -0.3 is 21.7 Å². The molecule has 3 nitrogen and oxygen atoms in total. The first-order valence-electron chi connectivity index (χ1n) is 7.67.